The Balaban J connectivity index is 1.67. The van der Waals surface area contributed by atoms with Gasteiger partial charge in [-0.15, -0.1) is 0 Å². The molecule has 8 heteroatoms. The van der Waals surface area contributed by atoms with E-state index in [4.69, 9.17) is 16.3 Å². The minimum Gasteiger partial charge on any atom is -0.439 e. The third kappa shape index (κ3) is 5.07. The second-order valence-electron chi connectivity index (χ2n) is 6.74. The van der Waals surface area contributed by atoms with Crippen LogP contribution in [0.1, 0.15) is 18.2 Å². The highest BCUT2D eigenvalue weighted by Gasteiger charge is 2.08. The van der Waals surface area contributed by atoms with Crippen molar-refractivity contribution in [2.24, 2.45) is 4.99 Å². The number of aromatic amines is 1. The molecule has 156 valence electrons. The number of ether oxygens (including phenoxy) is 1. The van der Waals surface area contributed by atoms with E-state index in [1.807, 2.05) is 31.2 Å². The molecule has 1 N–H and O–H groups in total. The lowest BCUT2D eigenvalue weighted by Crippen LogP contribution is -2.39. The van der Waals surface area contributed by atoms with E-state index in [2.05, 4.69) is 20.2 Å². The van der Waals surface area contributed by atoms with Gasteiger partial charge in [-0.25, -0.2) is 15.1 Å². The van der Waals surface area contributed by atoms with E-state index in [1.165, 1.54) is 0 Å². The van der Waals surface area contributed by atoms with Gasteiger partial charge in [0, 0.05) is 17.3 Å². The Morgan fingerprint density at radius 1 is 1.06 bits per heavy atom. The molecule has 0 aliphatic carbocycles. The predicted molar refractivity (Wildman–Crippen MR) is 119 cm³/mol. The minimum absolute atomic E-state index is 0.176. The number of nitrogens with one attached hydrogen (secondary N) is 1. The van der Waals surface area contributed by atoms with Gasteiger partial charge in [-0.1, -0.05) is 36.7 Å². The SMILES string of the molecule is CCc1n[nH]/c(=N\c2ccc(Oc3ccccn3)cc2)n(Cc2ccc(Cl)cc2)c1=O. The summed E-state index contributed by atoms with van der Waals surface area (Å²) in [5, 5.41) is 7.73. The van der Waals surface area contributed by atoms with Gasteiger partial charge in [0.1, 0.15) is 11.4 Å². The molecule has 7 nitrogen and oxygen atoms in total. The summed E-state index contributed by atoms with van der Waals surface area (Å²) in [5.41, 5.74) is 2.22. The van der Waals surface area contributed by atoms with Crippen LogP contribution in [-0.2, 0) is 13.0 Å². The van der Waals surface area contributed by atoms with Gasteiger partial charge in [0.25, 0.3) is 5.56 Å². The normalized spacial score (nSPS) is 11.5. The van der Waals surface area contributed by atoms with Crippen molar-refractivity contribution in [1.29, 1.82) is 0 Å². The average Bonchev–Trinajstić information content (AvgIpc) is 2.80. The first-order valence-electron chi connectivity index (χ1n) is 9.79. The summed E-state index contributed by atoms with van der Waals surface area (Å²) in [6, 6.07) is 20.0. The molecule has 0 unspecified atom stereocenters. The molecule has 0 saturated carbocycles. The van der Waals surface area contributed by atoms with E-state index < -0.39 is 0 Å². The summed E-state index contributed by atoms with van der Waals surface area (Å²) in [6.07, 6.45) is 2.19. The van der Waals surface area contributed by atoms with Crippen LogP contribution in [-0.4, -0.2) is 19.7 Å². The average molecular weight is 434 g/mol. The predicted octanol–water partition coefficient (Wildman–Crippen LogP) is 4.26. The first-order valence-corrected chi connectivity index (χ1v) is 10.2. The van der Waals surface area contributed by atoms with Crippen LogP contribution in [0, 0.1) is 0 Å². The molecule has 0 spiro atoms. The fourth-order valence-corrected chi connectivity index (χ4v) is 3.08. The number of hydrogen-bond acceptors (Lipinski definition) is 5. The Labute approximate surface area is 183 Å². The molecule has 0 radical (unpaired) electrons. The van der Waals surface area contributed by atoms with E-state index in [-0.39, 0.29) is 5.56 Å². The summed E-state index contributed by atoms with van der Waals surface area (Å²) in [4.78, 5) is 21.6. The van der Waals surface area contributed by atoms with Gasteiger partial charge in [0.2, 0.25) is 11.5 Å². The zero-order valence-corrected chi connectivity index (χ0v) is 17.6. The van der Waals surface area contributed by atoms with Crippen molar-refractivity contribution < 1.29 is 4.74 Å². The maximum Gasteiger partial charge on any atom is 0.277 e. The minimum atomic E-state index is -0.176. The second-order valence-corrected chi connectivity index (χ2v) is 7.18. The van der Waals surface area contributed by atoms with Gasteiger partial charge in [-0.05, 0) is 54.4 Å². The Morgan fingerprint density at radius 3 is 2.52 bits per heavy atom. The fourth-order valence-electron chi connectivity index (χ4n) is 2.95. The van der Waals surface area contributed by atoms with Gasteiger partial charge in [0.05, 0.1) is 12.2 Å². The van der Waals surface area contributed by atoms with Gasteiger partial charge < -0.3 is 4.74 Å². The van der Waals surface area contributed by atoms with E-state index in [9.17, 15) is 4.79 Å². The van der Waals surface area contributed by atoms with Crippen molar-refractivity contribution in [1.82, 2.24) is 19.7 Å². The van der Waals surface area contributed by atoms with Crippen LogP contribution in [0.3, 0.4) is 0 Å². The maximum atomic E-state index is 12.9. The van der Waals surface area contributed by atoms with Crippen LogP contribution < -0.4 is 15.9 Å². The number of nitrogens with zero attached hydrogens (tertiary/aromatic N) is 4. The van der Waals surface area contributed by atoms with E-state index in [1.54, 1.807) is 53.2 Å². The van der Waals surface area contributed by atoms with Crippen molar-refractivity contribution in [3.63, 3.8) is 0 Å². The number of pyridine rings is 1. The second kappa shape index (κ2) is 9.40. The molecular formula is C23H20ClN5O2. The number of aromatic nitrogens is 4. The quantitative estimate of drug-likeness (QED) is 0.492. The highest BCUT2D eigenvalue weighted by molar-refractivity contribution is 6.30. The van der Waals surface area contributed by atoms with Crippen molar-refractivity contribution in [3.8, 4) is 11.6 Å². The van der Waals surface area contributed by atoms with E-state index in [0.717, 1.165) is 5.56 Å². The molecule has 0 saturated heterocycles. The molecule has 4 rings (SSSR count). The number of aryl methyl sites for hydroxylation is 1. The lowest BCUT2D eigenvalue weighted by atomic mass is 10.2. The molecule has 0 aliphatic rings. The van der Waals surface area contributed by atoms with Crippen LogP contribution in [0.25, 0.3) is 0 Å². The highest BCUT2D eigenvalue weighted by Crippen LogP contribution is 2.22. The summed E-state index contributed by atoms with van der Waals surface area (Å²) < 4.78 is 7.28. The molecule has 4 aromatic rings. The molecule has 0 bridgehead atoms. The highest BCUT2D eigenvalue weighted by atomic mass is 35.5. The summed E-state index contributed by atoms with van der Waals surface area (Å²) in [7, 11) is 0. The largest absolute Gasteiger partial charge is 0.439 e. The first kappa shape index (κ1) is 20.6. The lowest BCUT2D eigenvalue weighted by molar-refractivity contribution is 0.463. The van der Waals surface area contributed by atoms with Crippen LogP contribution >= 0.6 is 11.6 Å². The van der Waals surface area contributed by atoms with Gasteiger partial charge in [-0.2, -0.15) is 5.10 Å². The Bertz CT molecular complexity index is 1280. The Hall–Kier alpha value is -3.71. The molecule has 0 fully saturated rings. The van der Waals surface area contributed by atoms with Gasteiger partial charge in [0.15, 0.2) is 0 Å². The first-order chi connectivity index (χ1) is 15.1. The molecule has 0 atom stereocenters. The van der Waals surface area contributed by atoms with Crippen molar-refractivity contribution in [3.05, 3.63) is 105 Å². The number of H-pyrrole nitrogens is 1. The monoisotopic (exact) mass is 433 g/mol. The molecule has 0 aliphatic heterocycles. The zero-order valence-electron chi connectivity index (χ0n) is 16.8. The van der Waals surface area contributed by atoms with E-state index in [0.29, 0.717) is 46.6 Å². The third-order valence-corrected chi connectivity index (χ3v) is 4.81. The Morgan fingerprint density at radius 2 is 1.84 bits per heavy atom. The van der Waals surface area contributed by atoms with E-state index >= 15 is 0 Å². The summed E-state index contributed by atoms with van der Waals surface area (Å²) >= 11 is 5.98. The molecule has 2 aromatic carbocycles. The zero-order chi connectivity index (χ0) is 21.6. The summed E-state index contributed by atoms with van der Waals surface area (Å²) in [6.45, 7) is 2.24. The lowest BCUT2D eigenvalue weighted by Gasteiger charge is -2.09. The molecule has 0 amide bonds. The molecule has 31 heavy (non-hydrogen) atoms. The van der Waals surface area contributed by atoms with Crippen LogP contribution in [0.2, 0.25) is 5.02 Å². The Kier molecular flexibility index (Phi) is 6.24. The fraction of sp³-hybridized carbons (Fsp3) is 0.130. The standard InChI is InChI=1S/C23H20ClN5O2/c1-2-20-22(30)29(15-16-6-8-17(24)9-7-16)23(28-27-20)26-18-10-12-19(13-11-18)31-21-5-3-4-14-25-21/h3-14H,2,15H2,1H3,(H,26,28). The molecule has 2 heterocycles. The molecule has 2 aromatic heterocycles. The number of halogens is 1. The van der Waals surface area contributed by atoms with Crippen molar-refractivity contribution in [2.45, 2.75) is 19.9 Å². The van der Waals surface area contributed by atoms with Crippen LogP contribution in [0.5, 0.6) is 11.6 Å². The maximum absolute atomic E-state index is 12.9. The topological polar surface area (TPSA) is 85.2 Å². The number of hydrogen-bond donors (Lipinski definition) is 1. The van der Waals surface area contributed by atoms with Gasteiger partial charge >= 0.3 is 0 Å². The third-order valence-electron chi connectivity index (χ3n) is 4.56. The van der Waals surface area contributed by atoms with Crippen LogP contribution in [0.15, 0.2) is 82.7 Å². The number of benzene rings is 2. The van der Waals surface area contributed by atoms with Crippen molar-refractivity contribution >= 4 is 17.3 Å². The molecular weight excluding hydrogens is 414 g/mol. The van der Waals surface area contributed by atoms with Crippen LogP contribution in [0.4, 0.5) is 5.69 Å². The van der Waals surface area contributed by atoms with Crippen molar-refractivity contribution in [2.75, 3.05) is 0 Å². The van der Waals surface area contributed by atoms with Gasteiger partial charge in [-0.3, -0.25) is 9.36 Å². The number of rotatable bonds is 6. The summed E-state index contributed by atoms with van der Waals surface area (Å²) in [5.74, 6) is 1.15. The smallest absolute Gasteiger partial charge is 0.277 e.